The van der Waals surface area contributed by atoms with E-state index in [2.05, 4.69) is 9.88 Å². The topological polar surface area (TPSA) is 152 Å². The maximum atomic E-state index is 11.2. The Morgan fingerprint density at radius 1 is 0.938 bits per heavy atom. The van der Waals surface area contributed by atoms with E-state index in [4.69, 9.17) is 28.8 Å². The van der Waals surface area contributed by atoms with Gasteiger partial charge in [0.05, 0.1) is 5.52 Å². The lowest BCUT2D eigenvalue weighted by molar-refractivity contribution is -0.127. The molecule has 1 aromatic heterocycles. The van der Waals surface area contributed by atoms with Crippen molar-refractivity contribution in [1.29, 1.82) is 0 Å². The largest absolute Gasteiger partial charge is 0.384 e. The number of fused-ring (bicyclic) bond motifs is 1. The Balaban J connectivity index is 0.000000222. The van der Waals surface area contributed by atoms with Crippen molar-refractivity contribution in [2.45, 2.75) is 25.7 Å². The lowest BCUT2D eigenvalue weighted by atomic mass is 10.1. The third-order valence-electron chi connectivity index (χ3n) is 5.54. The van der Waals surface area contributed by atoms with Crippen LogP contribution in [0, 0.1) is 0 Å². The van der Waals surface area contributed by atoms with Gasteiger partial charge in [0.15, 0.2) is 0 Å². The molecule has 0 saturated carbocycles. The van der Waals surface area contributed by atoms with E-state index in [1.807, 2.05) is 18.2 Å². The summed E-state index contributed by atoms with van der Waals surface area (Å²) in [5.74, 6) is 0.326. The Morgan fingerprint density at radius 2 is 1.66 bits per heavy atom. The molecule has 2 aliphatic heterocycles. The first-order valence-corrected chi connectivity index (χ1v) is 10.9. The second-order valence-electron chi connectivity index (χ2n) is 7.73. The fourth-order valence-electron chi connectivity index (χ4n) is 3.85. The maximum Gasteiger partial charge on any atom is 0.321 e. The van der Waals surface area contributed by atoms with E-state index in [0.29, 0.717) is 50.0 Å². The van der Waals surface area contributed by atoms with Gasteiger partial charge in [0, 0.05) is 61.3 Å². The number of aromatic nitrogens is 1. The zero-order valence-corrected chi connectivity index (χ0v) is 18.6. The molecule has 0 unspecified atom stereocenters. The lowest BCUT2D eigenvalue weighted by Crippen LogP contribution is -2.50. The third kappa shape index (κ3) is 5.70. The molecule has 0 atom stereocenters. The van der Waals surface area contributed by atoms with Crippen LogP contribution in [0.3, 0.4) is 0 Å². The maximum absolute atomic E-state index is 11.2. The fourth-order valence-corrected chi connectivity index (χ4v) is 4.01. The number of piperazine rings is 1. The van der Waals surface area contributed by atoms with Gasteiger partial charge in [0.1, 0.15) is 5.82 Å². The normalized spacial score (nSPS) is 16.9. The molecule has 3 heterocycles. The summed E-state index contributed by atoms with van der Waals surface area (Å²) in [7, 11) is 0. The molecule has 10 nitrogen and oxygen atoms in total. The van der Waals surface area contributed by atoms with E-state index in [-0.39, 0.29) is 11.9 Å². The highest BCUT2D eigenvalue weighted by Crippen LogP contribution is 2.30. The van der Waals surface area contributed by atoms with Gasteiger partial charge >= 0.3 is 12.1 Å². The number of hydrogen-bond donors (Lipinski definition) is 3. The van der Waals surface area contributed by atoms with Gasteiger partial charge in [-0.2, -0.15) is 0 Å². The second-order valence-corrected chi connectivity index (χ2v) is 8.17. The zero-order valence-electron chi connectivity index (χ0n) is 17.8. The monoisotopic (exact) mass is 461 g/mol. The van der Waals surface area contributed by atoms with Crippen LogP contribution in [-0.2, 0) is 4.79 Å². The number of imide groups is 1. The highest BCUT2D eigenvalue weighted by atomic mass is 35.5. The number of amides is 5. The van der Waals surface area contributed by atoms with Gasteiger partial charge in [0.25, 0.3) is 0 Å². The molecule has 0 aliphatic carbocycles. The van der Waals surface area contributed by atoms with E-state index in [0.717, 1.165) is 40.8 Å². The highest BCUT2D eigenvalue weighted by molar-refractivity contribution is 6.31. The number of likely N-dealkylation sites (tertiary alicyclic amines) is 1. The van der Waals surface area contributed by atoms with E-state index >= 15 is 0 Å². The summed E-state index contributed by atoms with van der Waals surface area (Å²) < 4.78 is 0. The first-order valence-electron chi connectivity index (χ1n) is 10.5. The second kappa shape index (κ2) is 10.4. The van der Waals surface area contributed by atoms with Crippen molar-refractivity contribution in [2.24, 2.45) is 11.5 Å². The standard InChI is InChI=1S/C14H16ClN5O.C7H12N2O2/c15-9-1-2-10-11(7-9)18-13(16)8-12(10)19-3-5-20(6-4-19)14(17)21;8-7(11)9-5-3-1-2-4-6(9)10/h1-2,7-8H,3-6H2,(H2,16,18)(H2,17,21);1-5H2,(H2,8,11). The minimum Gasteiger partial charge on any atom is -0.384 e. The average molecular weight is 462 g/mol. The quantitative estimate of drug-likeness (QED) is 0.591. The highest BCUT2D eigenvalue weighted by Gasteiger charge is 2.21. The predicted octanol–water partition coefficient (Wildman–Crippen LogP) is 2.14. The van der Waals surface area contributed by atoms with Gasteiger partial charge in [-0.15, -0.1) is 0 Å². The van der Waals surface area contributed by atoms with Crippen LogP contribution < -0.4 is 22.1 Å². The van der Waals surface area contributed by atoms with Crippen molar-refractivity contribution in [1.82, 2.24) is 14.8 Å². The SMILES string of the molecule is NC(=O)N1CCCCCC1=O.NC(=O)N1CCN(c2cc(N)nc3cc(Cl)ccc23)CC1. The van der Waals surface area contributed by atoms with Gasteiger partial charge in [-0.25, -0.2) is 14.6 Å². The summed E-state index contributed by atoms with van der Waals surface area (Å²) >= 11 is 6.01. The number of carbonyl (C=O) groups excluding carboxylic acids is 3. The summed E-state index contributed by atoms with van der Waals surface area (Å²) in [5, 5.41) is 1.63. The van der Waals surface area contributed by atoms with E-state index in [9.17, 15) is 14.4 Å². The van der Waals surface area contributed by atoms with Crippen LogP contribution >= 0.6 is 11.6 Å². The number of primary amides is 2. The molecule has 0 bridgehead atoms. The minimum absolute atomic E-state index is 0.130. The van der Waals surface area contributed by atoms with Gasteiger partial charge in [-0.05, 0) is 31.0 Å². The van der Waals surface area contributed by atoms with Crippen LogP contribution in [-0.4, -0.2) is 65.5 Å². The van der Waals surface area contributed by atoms with Gasteiger partial charge < -0.3 is 27.0 Å². The molecule has 6 N–H and O–H groups in total. The summed E-state index contributed by atoms with van der Waals surface area (Å²) in [6, 6.07) is 6.45. The molecule has 2 aliphatic rings. The number of hydrogen-bond acceptors (Lipinski definition) is 6. The Kier molecular flexibility index (Phi) is 7.57. The van der Waals surface area contributed by atoms with Crippen molar-refractivity contribution < 1.29 is 14.4 Å². The van der Waals surface area contributed by atoms with Gasteiger partial charge in [-0.1, -0.05) is 18.0 Å². The van der Waals surface area contributed by atoms with Crippen molar-refractivity contribution in [3.05, 3.63) is 29.3 Å². The average Bonchev–Trinajstić information content (AvgIpc) is 2.97. The van der Waals surface area contributed by atoms with Gasteiger partial charge in [0.2, 0.25) is 5.91 Å². The number of rotatable bonds is 1. The molecule has 172 valence electrons. The smallest absolute Gasteiger partial charge is 0.321 e. The van der Waals surface area contributed by atoms with E-state index in [1.54, 1.807) is 11.0 Å². The molecule has 2 fully saturated rings. The van der Waals surface area contributed by atoms with Crippen molar-refractivity contribution in [3.8, 4) is 0 Å². The minimum atomic E-state index is -0.614. The van der Waals surface area contributed by atoms with Gasteiger partial charge in [-0.3, -0.25) is 9.69 Å². The Morgan fingerprint density at radius 3 is 2.31 bits per heavy atom. The number of benzene rings is 1. The lowest BCUT2D eigenvalue weighted by Gasteiger charge is -2.35. The molecule has 2 aromatic rings. The van der Waals surface area contributed by atoms with Crippen LogP contribution in [0.1, 0.15) is 25.7 Å². The Bertz CT molecular complexity index is 1000. The summed E-state index contributed by atoms with van der Waals surface area (Å²) in [5.41, 5.74) is 18.0. The molecule has 5 amide bonds. The van der Waals surface area contributed by atoms with Crippen molar-refractivity contribution >= 4 is 52.0 Å². The molecule has 0 spiro atoms. The predicted molar refractivity (Wildman–Crippen MR) is 124 cm³/mol. The third-order valence-corrected chi connectivity index (χ3v) is 5.78. The number of nitrogens with zero attached hydrogens (tertiary/aromatic N) is 4. The van der Waals surface area contributed by atoms with Crippen LogP contribution in [0.15, 0.2) is 24.3 Å². The molecule has 1 aromatic carbocycles. The number of nitrogens with two attached hydrogens (primary N) is 3. The van der Waals surface area contributed by atoms with E-state index in [1.165, 1.54) is 0 Å². The Hall–Kier alpha value is -3.27. The van der Waals surface area contributed by atoms with Crippen LogP contribution in [0.5, 0.6) is 0 Å². The van der Waals surface area contributed by atoms with Crippen LogP contribution in [0.2, 0.25) is 5.02 Å². The molecule has 0 radical (unpaired) electrons. The number of halogens is 1. The molecule has 4 rings (SSSR count). The number of anilines is 2. The molecule has 11 heteroatoms. The van der Waals surface area contributed by atoms with Crippen LogP contribution in [0.4, 0.5) is 21.1 Å². The molecular formula is C21H28ClN7O3. The van der Waals surface area contributed by atoms with Crippen molar-refractivity contribution in [3.63, 3.8) is 0 Å². The first-order chi connectivity index (χ1) is 15.3. The van der Waals surface area contributed by atoms with Crippen LogP contribution in [0.25, 0.3) is 10.9 Å². The number of carbonyl (C=O) groups is 3. The van der Waals surface area contributed by atoms with Crippen molar-refractivity contribution in [2.75, 3.05) is 43.4 Å². The number of pyridine rings is 1. The zero-order chi connectivity index (χ0) is 23.3. The number of nitrogen functional groups attached to an aromatic ring is 1. The molecule has 32 heavy (non-hydrogen) atoms. The summed E-state index contributed by atoms with van der Waals surface area (Å²) in [4.78, 5) is 42.2. The first kappa shape index (κ1) is 23.4. The summed E-state index contributed by atoms with van der Waals surface area (Å²) in [6.45, 7) is 3.13. The molecule has 2 saturated heterocycles. The number of urea groups is 2. The molecular weight excluding hydrogens is 434 g/mol. The fraction of sp³-hybridized carbons (Fsp3) is 0.429. The summed E-state index contributed by atoms with van der Waals surface area (Å²) in [6.07, 6.45) is 3.23. The Labute approximate surface area is 191 Å². The van der Waals surface area contributed by atoms with E-state index < -0.39 is 6.03 Å².